The number of ether oxygens (including phenoxy) is 1. The Balaban J connectivity index is 1.07. The predicted molar refractivity (Wildman–Crippen MR) is 208 cm³/mol. The van der Waals surface area contributed by atoms with Crippen LogP contribution in [-0.2, 0) is 4.79 Å². The highest BCUT2D eigenvalue weighted by Crippen LogP contribution is 2.47. The Hall–Kier alpha value is -5.02. The normalized spacial score (nSPS) is 14.1. The standard InChI is InChI=1S/C42H45ClN4O5/c1-3-4-5-6-7-8-9-10-11-16-37(48)52-35-22-33-39(38-26(2)24-44-40(35)38)29(23-43)25-47(33)42(50)32-20-28-19-30(17-18-31(28)46-32)45-41(49)36-21-27-14-12-13-15-34(27)51-36/h12-15,17-22,24,29,44,46H,3-11,16,23,25H2,1-2H3,(H,45,49)/t29-/m1/s1. The smallest absolute Gasteiger partial charge is 0.311 e. The van der Waals surface area contributed by atoms with E-state index in [4.69, 9.17) is 20.8 Å². The van der Waals surface area contributed by atoms with Crippen LogP contribution in [0.3, 0.4) is 0 Å². The molecule has 0 spiro atoms. The third-order valence-corrected chi connectivity index (χ3v) is 10.5. The molecule has 3 N–H and O–H groups in total. The first kappa shape index (κ1) is 35.4. The lowest BCUT2D eigenvalue weighted by Crippen LogP contribution is -2.30. The van der Waals surface area contributed by atoms with Gasteiger partial charge in [-0.05, 0) is 60.9 Å². The number of alkyl halides is 1. The number of amides is 2. The molecule has 0 saturated carbocycles. The Kier molecular flexibility index (Phi) is 10.7. The van der Waals surface area contributed by atoms with Crippen molar-refractivity contribution in [2.24, 2.45) is 0 Å². The van der Waals surface area contributed by atoms with Gasteiger partial charge in [-0.2, -0.15) is 0 Å². The van der Waals surface area contributed by atoms with Gasteiger partial charge in [0, 0.05) is 64.4 Å². The summed E-state index contributed by atoms with van der Waals surface area (Å²) in [6.07, 6.45) is 12.8. The summed E-state index contributed by atoms with van der Waals surface area (Å²) >= 11 is 6.53. The second-order valence-electron chi connectivity index (χ2n) is 13.9. The van der Waals surface area contributed by atoms with Gasteiger partial charge in [0.25, 0.3) is 11.8 Å². The third-order valence-electron chi connectivity index (χ3n) is 10.1. The minimum Gasteiger partial charge on any atom is -0.451 e. The predicted octanol–water partition coefficient (Wildman–Crippen LogP) is 10.8. The Morgan fingerprint density at radius 2 is 1.71 bits per heavy atom. The summed E-state index contributed by atoms with van der Waals surface area (Å²) in [6, 6.07) is 18.2. The van der Waals surface area contributed by atoms with E-state index in [1.165, 1.54) is 38.5 Å². The fourth-order valence-corrected chi connectivity index (χ4v) is 7.67. The van der Waals surface area contributed by atoms with Crippen molar-refractivity contribution >= 4 is 73.5 Å². The number of fused-ring (bicyclic) bond motifs is 5. The van der Waals surface area contributed by atoms with E-state index in [1.807, 2.05) is 49.5 Å². The number of unbranched alkanes of at least 4 members (excludes halogenated alkanes) is 8. The summed E-state index contributed by atoms with van der Waals surface area (Å²) in [5.74, 6) is -0.00857. The van der Waals surface area contributed by atoms with Gasteiger partial charge in [-0.15, -0.1) is 11.6 Å². The molecule has 270 valence electrons. The molecule has 2 amide bonds. The summed E-state index contributed by atoms with van der Waals surface area (Å²) in [7, 11) is 0. The molecule has 1 aliphatic rings. The highest BCUT2D eigenvalue weighted by Gasteiger charge is 2.36. The van der Waals surface area contributed by atoms with Crippen LogP contribution in [0.25, 0.3) is 32.8 Å². The van der Waals surface area contributed by atoms with Crippen molar-refractivity contribution in [2.45, 2.75) is 84.0 Å². The largest absolute Gasteiger partial charge is 0.451 e. The molecule has 52 heavy (non-hydrogen) atoms. The van der Waals surface area contributed by atoms with Crippen molar-refractivity contribution in [1.82, 2.24) is 9.97 Å². The molecule has 7 rings (SSSR count). The molecule has 0 aliphatic carbocycles. The zero-order chi connectivity index (χ0) is 36.2. The minimum absolute atomic E-state index is 0.103. The molecular weight excluding hydrogens is 676 g/mol. The van der Waals surface area contributed by atoms with Crippen LogP contribution < -0.4 is 15.0 Å². The van der Waals surface area contributed by atoms with Gasteiger partial charge in [0.05, 0.1) is 11.2 Å². The van der Waals surface area contributed by atoms with Crippen molar-refractivity contribution in [3.8, 4) is 5.75 Å². The van der Waals surface area contributed by atoms with Crippen molar-refractivity contribution in [1.29, 1.82) is 0 Å². The Morgan fingerprint density at radius 1 is 0.942 bits per heavy atom. The number of carbonyl (C=O) groups excluding carboxylic acids is 3. The molecule has 0 unspecified atom stereocenters. The van der Waals surface area contributed by atoms with Crippen LogP contribution in [0.1, 0.15) is 109 Å². The number of aromatic nitrogens is 2. The lowest BCUT2D eigenvalue weighted by Gasteiger charge is -2.18. The van der Waals surface area contributed by atoms with Crippen LogP contribution in [0.4, 0.5) is 11.4 Å². The number of anilines is 2. The fourth-order valence-electron chi connectivity index (χ4n) is 7.42. The SMILES string of the molecule is CCCCCCCCCCCC(=O)Oc1cc2c(c3c(C)c[nH]c13)[C@H](CCl)CN2C(=O)c1cc2cc(NC(=O)c3cc4ccccc4o3)ccc2[nH]1. The molecule has 10 heteroatoms. The van der Waals surface area contributed by atoms with Gasteiger partial charge in [-0.25, -0.2) is 0 Å². The number of H-pyrrole nitrogens is 2. The average Bonchev–Trinajstić information content (AvgIpc) is 3.94. The van der Waals surface area contributed by atoms with Gasteiger partial charge in [-0.3, -0.25) is 14.4 Å². The molecule has 3 aromatic heterocycles. The lowest BCUT2D eigenvalue weighted by atomic mass is 9.96. The minimum atomic E-state index is -0.362. The van der Waals surface area contributed by atoms with E-state index in [0.29, 0.717) is 47.2 Å². The number of rotatable bonds is 15. The fraction of sp³-hybridized carbons (Fsp3) is 0.357. The molecule has 1 atom stereocenters. The van der Waals surface area contributed by atoms with Crippen LogP contribution in [0.15, 0.2) is 71.3 Å². The van der Waals surface area contributed by atoms with Crippen LogP contribution in [0.5, 0.6) is 5.75 Å². The maximum atomic E-state index is 14.2. The van der Waals surface area contributed by atoms with Gasteiger partial charge in [0.15, 0.2) is 11.5 Å². The summed E-state index contributed by atoms with van der Waals surface area (Å²) in [6.45, 7) is 4.62. The van der Waals surface area contributed by atoms with E-state index in [2.05, 4.69) is 22.2 Å². The quantitative estimate of drug-likeness (QED) is 0.0422. The second kappa shape index (κ2) is 15.7. The average molecular weight is 721 g/mol. The number of para-hydroxylation sites is 1. The topological polar surface area (TPSA) is 120 Å². The summed E-state index contributed by atoms with van der Waals surface area (Å²) < 4.78 is 11.7. The maximum absolute atomic E-state index is 14.2. The van der Waals surface area contributed by atoms with E-state index >= 15 is 0 Å². The highest BCUT2D eigenvalue weighted by molar-refractivity contribution is 6.19. The second-order valence-corrected chi connectivity index (χ2v) is 14.2. The van der Waals surface area contributed by atoms with Gasteiger partial charge in [-0.1, -0.05) is 76.5 Å². The maximum Gasteiger partial charge on any atom is 0.311 e. The van der Waals surface area contributed by atoms with Crippen LogP contribution in [0.2, 0.25) is 0 Å². The van der Waals surface area contributed by atoms with E-state index in [0.717, 1.165) is 57.6 Å². The summed E-state index contributed by atoms with van der Waals surface area (Å²) in [5.41, 5.74) is 5.76. The van der Waals surface area contributed by atoms with Gasteiger partial charge in [0.2, 0.25) is 0 Å². The monoisotopic (exact) mass is 720 g/mol. The first-order chi connectivity index (χ1) is 25.3. The molecular formula is C42H45ClN4O5. The highest BCUT2D eigenvalue weighted by atomic mass is 35.5. The zero-order valence-electron chi connectivity index (χ0n) is 29.8. The lowest BCUT2D eigenvalue weighted by molar-refractivity contribution is -0.134. The van der Waals surface area contributed by atoms with Gasteiger partial charge >= 0.3 is 5.97 Å². The molecule has 3 aromatic carbocycles. The van der Waals surface area contributed by atoms with Crippen molar-refractivity contribution < 1.29 is 23.5 Å². The number of aryl methyl sites for hydroxylation is 1. The first-order valence-electron chi connectivity index (χ1n) is 18.5. The summed E-state index contributed by atoms with van der Waals surface area (Å²) in [5, 5.41) is 5.45. The van der Waals surface area contributed by atoms with Gasteiger partial charge < -0.3 is 29.3 Å². The first-order valence-corrected chi connectivity index (χ1v) is 19.0. The molecule has 9 nitrogen and oxygen atoms in total. The third kappa shape index (κ3) is 7.33. The number of nitrogens with one attached hydrogen (secondary N) is 3. The Morgan fingerprint density at radius 3 is 2.48 bits per heavy atom. The number of hydrogen-bond acceptors (Lipinski definition) is 5. The molecule has 1 aliphatic heterocycles. The molecule has 4 heterocycles. The number of nitrogens with zero attached hydrogens (tertiary/aromatic N) is 1. The van der Waals surface area contributed by atoms with Crippen molar-refractivity contribution in [2.75, 3.05) is 22.6 Å². The van der Waals surface area contributed by atoms with Crippen molar-refractivity contribution in [3.05, 3.63) is 89.4 Å². The Bertz CT molecular complexity index is 2210. The molecule has 0 bridgehead atoms. The number of furan rings is 1. The number of benzene rings is 3. The number of hydrogen-bond donors (Lipinski definition) is 3. The zero-order valence-corrected chi connectivity index (χ0v) is 30.5. The molecule has 6 aromatic rings. The van der Waals surface area contributed by atoms with E-state index in [1.54, 1.807) is 29.2 Å². The van der Waals surface area contributed by atoms with Crippen LogP contribution in [0, 0.1) is 6.92 Å². The molecule has 0 fully saturated rings. The van der Waals surface area contributed by atoms with Crippen molar-refractivity contribution in [3.63, 3.8) is 0 Å². The number of halogens is 1. The van der Waals surface area contributed by atoms with Crippen LogP contribution in [-0.4, -0.2) is 40.2 Å². The Labute approximate surface area is 308 Å². The summed E-state index contributed by atoms with van der Waals surface area (Å²) in [4.78, 5) is 48.6. The van der Waals surface area contributed by atoms with Crippen LogP contribution >= 0.6 is 11.6 Å². The van der Waals surface area contributed by atoms with E-state index in [-0.39, 0.29) is 29.5 Å². The number of carbonyl (C=O) groups is 3. The van der Waals surface area contributed by atoms with E-state index < -0.39 is 0 Å². The number of esters is 1. The number of aromatic amines is 2. The van der Waals surface area contributed by atoms with Gasteiger partial charge in [0.1, 0.15) is 11.3 Å². The molecule has 0 radical (unpaired) electrons. The van der Waals surface area contributed by atoms with E-state index in [9.17, 15) is 14.4 Å². The molecule has 0 saturated heterocycles.